The van der Waals surface area contributed by atoms with Crippen molar-refractivity contribution < 1.29 is 4.74 Å². The number of hydrogen-bond acceptors (Lipinski definition) is 2. The molecular formula is C18H33NOS. The summed E-state index contributed by atoms with van der Waals surface area (Å²) in [6.45, 7) is 4.56. The Morgan fingerprint density at radius 2 is 1.43 bits per heavy atom. The molecule has 2 saturated carbocycles. The summed E-state index contributed by atoms with van der Waals surface area (Å²) in [5.41, 5.74) is 0. The van der Waals surface area contributed by atoms with Crippen LogP contribution in [-0.4, -0.2) is 42.2 Å². The Bertz CT molecular complexity index is 328. The Morgan fingerprint density at radius 1 is 0.810 bits per heavy atom. The van der Waals surface area contributed by atoms with Gasteiger partial charge in [-0.2, -0.15) is 0 Å². The van der Waals surface area contributed by atoms with Crippen LogP contribution in [0.2, 0.25) is 0 Å². The largest absolute Gasteiger partial charge is 0.381 e. The van der Waals surface area contributed by atoms with Crippen molar-refractivity contribution in [3.05, 3.63) is 0 Å². The van der Waals surface area contributed by atoms with Gasteiger partial charge in [0.05, 0.1) is 0 Å². The molecule has 0 aromatic heterocycles. The van der Waals surface area contributed by atoms with Crippen LogP contribution < -0.4 is 0 Å². The van der Waals surface area contributed by atoms with Crippen molar-refractivity contribution in [1.29, 1.82) is 0 Å². The van der Waals surface area contributed by atoms with Gasteiger partial charge in [-0.05, 0) is 56.3 Å². The van der Waals surface area contributed by atoms with Crippen LogP contribution in [0.1, 0.15) is 57.8 Å². The second kappa shape index (κ2) is 8.12. The zero-order chi connectivity index (χ0) is 14.5. The topological polar surface area (TPSA) is 12.5 Å². The molecule has 0 radical (unpaired) electrons. The molecule has 3 heteroatoms. The van der Waals surface area contributed by atoms with E-state index in [0.29, 0.717) is 0 Å². The second-order valence-electron chi connectivity index (χ2n) is 7.49. The van der Waals surface area contributed by atoms with Crippen molar-refractivity contribution in [2.24, 2.45) is 17.8 Å². The molecule has 2 aliphatic carbocycles. The van der Waals surface area contributed by atoms with Gasteiger partial charge >= 0.3 is 0 Å². The fourth-order valence-corrected chi connectivity index (χ4v) is 5.57. The van der Waals surface area contributed by atoms with Crippen LogP contribution in [0.5, 0.6) is 0 Å². The van der Waals surface area contributed by atoms with E-state index in [1.165, 1.54) is 76.6 Å². The van der Waals surface area contributed by atoms with E-state index in [1.54, 1.807) is 0 Å². The van der Waals surface area contributed by atoms with Crippen molar-refractivity contribution in [2.45, 2.75) is 57.8 Å². The van der Waals surface area contributed by atoms with Gasteiger partial charge < -0.3 is 4.74 Å². The van der Waals surface area contributed by atoms with Crippen molar-refractivity contribution in [3.8, 4) is 0 Å². The fraction of sp³-hybridized carbons (Fsp3) is 0.944. The number of rotatable bonds is 7. The number of piperidine rings is 1. The van der Waals surface area contributed by atoms with Gasteiger partial charge in [0, 0.05) is 32.1 Å². The monoisotopic (exact) mass is 311 g/mol. The summed E-state index contributed by atoms with van der Waals surface area (Å²) in [4.78, 5) is 0. The highest BCUT2D eigenvalue weighted by Crippen LogP contribution is 2.33. The van der Waals surface area contributed by atoms with Gasteiger partial charge in [-0.1, -0.05) is 25.1 Å². The Balaban J connectivity index is 1.31. The number of nitrogens with zero attached hydrogens (tertiary/aromatic N) is 1. The van der Waals surface area contributed by atoms with E-state index in [-0.39, 0.29) is 10.7 Å². The first-order valence-electron chi connectivity index (χ1n) is 9.14. The van der Waals surface area contributed by atoms with Gasteiger partial charge in [0.15, 0.2) is 0 Å². The highest BCUT2D eigenvalue weighted by atomic mass is 32.2. The summed E-state index contributed by atoms with van der Waals surface area (Å²) in [7, 11) is 0.271. The van der Waals surface area contributed by atoms with Crippen molar-refractivity contribution in [3.63, 3.8) is 0 Å². The standard InChI is InChI=1S/C18H33NOS/c1-21(15-18-5-3-2-4-6-18)19-11-9-17(10-12-19)14-20-13-16-7-8-16/h16-18H,1-15H2. The van der Waals surface area contributed by atoms with Gasteiger partial charge in [-0.15, -0.1) is 10.7 Å². The molecular weight excluding hydrogens is 278 g/mol. The number of ether oxygens (including phenoxy) is 1. The molecule has 1 atom stereocenters. The molecule has 3 rings (SSSR count). The maximum absolute atomic E-state index is 5.88. The Labute approximate surface area is 133 Å². The van der Waals surface area contributed by atoms with Crippen LogP contribution in [0.25, 0.3) is 0 Å². The Hall–Kier alpha value is 0.140. The molecule has 0 aromatic carbocycles. The van der Waals surface area contributed by atoms with Crippen LogP contribution in [0.15, 0.2) is 0 Å². The zero-order valence-corrected chi connectivity index (χ0v) is 14.4. The molecule has 0 amide bonds. The lowest BCUT2D eigenvalue weighted by Gasteiger charge is -2.35. The third-order valence-corrected chi connectivity index (χ3v) is 7.45. The molecule has 122 valence electrons. The zero-order valence-electron chi connectivity index (χ0n) is 13.6. The maximum Gasteiger partial charge on any atom is 0.0495 e. The summed E-state index contributed by atoms with van der Waals surface area (Å²) in [6.07, 6.45) is 12.8. The molecule has 1 unspecified atom stereocenters. The Kier molecular flexibility index (Phi) is 6.19. The maximum atomic E-state index is 5.88. The van der Waals surface area contributed by atoms with Crippen molar-refractivity contribution >= 4 is 16.5 Å². The Morgan fingerprint density at radius 3 is 2.05 bits per heavy atom. The van der Waals surface area contributed by atoms with E-state index in [9.17, 15) is 0 Å². The highest BCUT2D eigenvalue weighted by Gasteiger charge is 2.24. The van der Waals surface area contributed by atoms with E-state index in [1.807, 2.05) is 0 Å². The van der Waals surface area contributed by atoms with Gasteiger partial charge in [-0.3, -0.25) is 4.31 Å². The van der Waals surface area contributed by atoms with Crippen LogP contribution in [0.3, 0.4) is 0 Å². The number of hydrogen-bond donors (Lipinski definition) is 0. The van der Waals surface area contributed by atoms with E-state index in [4.69, 9.17) is 4.74 Å². The molecule has 0 bridgehead atoms. The average Bonchev–Trinajstić information content (AvgIpc) is 3.33. The third kappa shape index (κ3) is 5.37. The molecule has 0 aromatic rings. The van der Waals surface area contributed by atoms with Crippen molar-refractivity contribution in [1.82, 2.24) is 4.31 Å². The molecule has 1 aliphatic heterocycles. The minimum absolute atomic E-state index is 0.271. The molecule has 1 saturated heterocycles. The lowest BCUT2D eigenvalue weighted by atomic mass is 9.91. The summed E-state index contributed by atoms with van der Waals surface area (Å²) in [6, 6.07) is 0. The smallest absolute Gasteiger partial charge is 0.0495 e. The molecule has 3 fully saturated rings. The fourth-order valence-electron chi connectivity index (χ4n) is 3.75. The van der Waals surface area contributed by atoms with Crippen LogP contribution in [0, 0.1) is 17.8 Å². The second-order valence-corrected chi connectivity index (χ2v) is 9.26. The first kappa shape index (κ1) is 16.0. The van der Waals surface area contributed by atoms with Gasteiger partial charge in [0.1, 0.15) is 0 Å². The summed E-state index contributed by atoms with van der Waals surface area (Å²) in [5.74, 6) is 8.55. The van der Waals surface area contributed by atoms with E-state index >= 15 is 0 Å². The summed E-state index contributed by atoms with van der Waals surface area (Å²) >= 11 is 0. The molecule has 0 N–H and O–H groups in total. The molecule has 21 heavy (non-hydrogen) atoms. The lowest BCUT2D eigenvalue weighted by molar-refractivity contribution is 0.0738. The first-order valence-corrected chi connectivity index (χ1v) is 10.7. The summed E-state index contributed by atoms with van der Waals surface area (Å²) < 4.78 is 8.56. The van der Waals surface area contributed by atoms with Gasteiger partial charge in [0.2, 0.25) is 0 Å². The predicted octanol–water partition coefficient (Wildman–Crippen LogP) is 4.32. The normalized spacial score (nSPS) is 27.8. The average molecular weight is 312 g/mol. The minimum atomic E-state index is 0.271. The molecule has 0 spiro atoms. The van der Waals surface area contributed by atoms with Crippen LogP contribution in [-0.2, 0) is 4.74 Å². The van der Waals surface area contributed by atoms with E-state index in [2.05, 4.69) is 10.2 Å². The van der Waals surface area contributed by atoms with Crippen molar-refractivity contribution in [2.75, 3.05) is 32.1 Å². The minimum Gasteiger partial charge on any atom is -0.381 e. The molecule has 3 aliphatic rings. The highest BCUT2D eigenvalue weighted by molar-refractivity contribution is 8.12. The quantitative estimate of drug-likeness (QED) is 0.649. The van der Waals surface area contributed by atoms with Crippen LogP contribution in [0.4, 0.5) is 0 Å². The van der Waals surface area contributed by atoms with E-state index < -0.39 is 0 Å². The SMILES string of the molecule is C=S(CC1CCCCC1)N1CCC(COCC2CC2)CC1. The van der Waals surface area contributed by atoms with Crippen LogP contribution >= 0.6 is 10.7 Å². The van der Waals surface area contributed by atoms with E-state index in [0.717, 1.165) is 31.0 Å². The third-order valence-electron chi connectivity index (χ3n) is 5.50. The lowest BCUT2D eigenvalue weighted by Crippen LogP contribution is -2.32. The predicted molar refractivity (Wildman–Crippen MR) is 94.0 cm³/mol. The van der Waals surface area contributed by atoms with Gasteiger partial charge in [-0.25, -0.2) is 0 Å². The molecule has 2 nitrogen and oxygen atoms in total. The van der Waals surface area contributed by atoms with Gasteiger partial charge in [0.25, 0.3) is 0 Å². The first-order chi connectivity index (χ1) is 10.3. The summed E-state index contributed by atoms with van der Waals surface area (Å²) in [5, 5.41) is 0. The molecule has 1 heterocycles.